The summed E-state index contributed by atoms with van der Waals surface area (Å²) in [4.78, 5) is 80.3. The van der Waals surface area contributed by atoms with Crippen LogP contribution in [0.25, 0.3) is 0 Å². The van der Waals surface area contributed by atoms with Gasteiger partial charge in [-0.15, -0.1) is 0 Å². The van der Waals surface area contributed by atoms with Gasteiger partial charge in [0.2, 0.25) is 5.91 Å². The van der Waals surface area contributed by atoms with Crippen LogP contribution in [0.15, 0.2) is 72.9 Å². The average molecular weight is 786 g/mol. The zero-order valence-corrected chi connectivity index (χ0v) is 30.9. The van der Waals surface area contributed by atoms with Gasteiger partial charge < -0.3 is 31.7 Å². The van der Waals surface area contributed by atoms with Crippen molar-refractivity contribution in [2.24, 2.45) is 5.73 Å². The second-order valence-corrected chi connectivity index (χ2v) is 13.1. The molecule has 0 saturated heterocycles. The molecule has 1 radical (unpaired) electrons. The Morgan fingerprint density at radius 2 is 1.31 bits per heavy atom. The molecule has 4 rings (SSSR count). The summed E-state index contributed by atoms with van der Waals surface area (Å²) in [5, 5.41) is 33.9. The summed E-state index contributed by atoms with van der Waals surface area (Å²) in [7, 11) is 0. The van der Waals surface area contributed by atoms with E-state index in [0.29, 0.717) is 36.9 Å². The van der Waals surface area contributed by atoms with Crippen LogP contribution in [-0.2, 0) is 55.8 Å². The smallest absolute Gasteiger partial charge is 0.480 e. The van der Waals surface area contributed by atoms with Gasteiger partial charge in [0.05, 0.1) is 43.5 Å². The van der Waals surface area contributed by atoms with Crippen LogP contribution in [0.4, 0.5) is 0 Å². The molecule has 3 aromatic rings. The van der Waals surface area contributed by atoms with E-state index in [1.54, 1.807) is 41.3 Å². The van der Waals surface area contributed by atoms with Crippen LogP contribution in [0.3, 0.4) is 0 Å². The summed E-state index contributed by atoms with van der Waals surface area (Å²) in [6.07, 6.45) is 5.10. The molecule has 15 nitrogen and oxygen atoms in total. The third kappa shape index (κ3) is 13.8. The van der Waals surface area contributed by atoms with E-state index in [1.165, 1.54) is 11.1 Å². The largest absolute Gasteiger partial charge is 2.00 e. The number of aromatic nitrogens is 1. The standard InChI is InChI=1S/C38H46N6O9.Mn/c39-30(17-12-25-6-2-1-3-7-25)38(53)42-20-33(45)27-13-10-26(11-14-27)18-41-37(52)28-15-16-29(40-19-28)21-43(22-34(46)47)31-8-4-5-9-32(31)44(23-35(48)49)24-36(50)51;/h1-3,6-7,10-11,13-16,19,30-32H,4-5,8-9,12,17-18,20-24,39H2,(H,41,52)(H,42,53)(H,46,47)(H,48,49)(H,50,51);/q;+2/t30-,31+,32?;/m1./s1. The number of carboxylic acids is 3. The molecule has 2 aromatic carbocycles. The minimum Gasteiger partial charge on any atom is -0.480 e. The average Bonchev–Trinajstić information content (AvgIpc) is 3.14. The van der Waals surface area contributed by atoms with Crippen LogP contribution in [-0.4, -0.2) is 110 Å². The van der Waals surface area contributed by atoms with Crippen molar-refractivity contribution in [3.05, 3.63) is 101 Å². The second kappa shape index (κ2) is 21.6. The molecule has 1 aromatic heterocycles. The molecule has 16 heteroatoms. The Balaban J connectivity index is 0.00000784. The van der Waals surface area contributed by atoms with Crippen molar-refractivity contribution >= 4 is 35.5 Å². The molecule has 1 saturated carbocycles. The third-order valence-corrected chi connectivity index (χ3v) is 9.17. The Morgan fingerprint density at radius 1 is 0.741 bits per heavy atom. The number of hydrogen-bond donors (Lipinski definition) is 6. The summed E-state index contributed by atoms with van der Waals surface area (Å²) in [5.74, 6) is -4.51. The zero-order chi connectivity index (χ0) is 38.3. The monoisotopic (exact) mass is 785 g/mol. The molecule has 1 fully saturated rings. The number of pyridine rings is 1. The van der Waals surface area contributed by atoms with Gasteiger partial charge >= 0.3 is 35.0 Å². The molecule has 54 heavy (non-hydrogen) atoms. The number of nitrogens with one attached hydrogen (secondary N) is 2. The molecule has 1 aliphatic rings. The number of carboxylic acid groups (broad SMARTS) is 3. The number of benzene rings is 2. The van der Waals surface area contributed by atoms with Gasteiger partial charge in [-0.25, -0.2) is 0 Å². The number of aryl methyl sites for hydroxylation is 1. The predicted octanol–water partition coefficient (Wildman–Crippen LogP) is 1.94. The van der Waals surface area contributed by atoms with Crippen LogP contribution in [0, 0.1) is 0 Å². The van der Waals surface area contributed by atoms with Gasteiger partial charge in [-0.2, -0.15) is 0 Å². The van der Waals surface area contributed by atoms with Crippen LogP contribution in [0.2, 0.25) is 0 Å². The number of carbonyl (C=O) groups excluding carboxylic acids is 3. The summed E-state index contributed by atoms with van der Waals surface area (Å²) in [5.41, 5.74) is 8.96. The quantitative estimate of drug-likeness (QED) is 0.0711. The molecule has 0 spiro atoms. The predicted molar refractivity (Wildman–Crippen MR) is 193 cm³/mol. The van der Waals surface area contributed by atoms with E-state index in [9.17, 15) is 44.1 Å². The molecule has 1 unspecified atom stereocenters. The molecule has 2 amide bonds. The minimum absolute atomic E-state index is 0. The topological polar surface area (TPSA) is 233 Å². The first kappa shape index (κ1) is 43.4. The Hall–Kier alpha value is -4.99. The maximum Gasteiger partial charge on any atom is 2.00 e. The Labute approximate surface area is 323 Å². The second-order valence-electron chi connectivity index (χ2n) is 13.1. The van der Waals surface area contributed by atoms with E-state index in [4.69, 9.17) is 5.73 Å². The molecule has 1 aliphatic carbocycles. The van der Waals surface area contributed by atoms with Gasteiger partial charge in [0.1, 0.15) is 0 Å². The van der Waals surface area contributed by atoms with E-state index in [0.717, 1.165) is 24.0 Å². The third-order valence-electron chi connectivity index (χ3n) is 9.17. The van der Waals surface area contributed by atoms with Gasteiger partial charge in [0.25, 0.3) is 5.91 Å². The maximum absolute atomic E-state index is 12.9. The number of nitrogens with two attached hydrogens (primary N) is 1. The van der Waals surface area contributed by atoms with Gasteiger partial charge in [-0.1, -0.05) is 67.4 Å². The van der Waals surface area contributed by atoms with E-state index in [1.807, 2.05) is 30.3 Å². The molecule has 3 atom stereocenters. The van der Waals surface area contributed by atoms with Gasteiger partial charge in [-0.05, 0) is 48.9 Å². The fraction of sp³-hybridized carbons (Fsp3) is 0.395. The van der Waals surface area contributed by atoms with Crippen molar-refractivity contribution in [1.29, 1.82) is 0 Å². The minimum atomic E-state index is -1.17. The Kier molecular flexibility index (Phi) is 17.4. The first-order valence-corrected chi connectivity index (χ1v) is 17.5. The van der Waals surface area contributed by atoms with Crippen LogP contribution in [0.1, 0.15) is 69.6 Å². The number of aliphatic carboxylic acids is 3. The van der Waals surface area contributed by atoms with Gasteiger partial charge in [0, 0.05) is 36.9 Å². The first-order valence-electron chi connectivity index (χ1n) is 17.5. The summed E-state index contributed by atoms with van der Waals surface area (Å²) >= 11 is 0. The van der Waals surface area contributed by atoms with E-state index < -0.39 is 60.9 Å². The molecule has 287 valence electrons. The number of rotatable bonds is 20. The number of ketones is 1. The molecule has 0 aliphatic heterocycles. The fourth-order valence-electron chi connectivity index (χ4n) is 6.50. The van der Waals surface area contributed by atoms with Crippen molar-refractivity contribution in [2.45, 2.75) is 69.7 Å². The summed E-state index contributed by atoms with van der Waals surface area (Å²) in [6, 6.07) is 17.9. The molecular weight excluding hydrogens is 739 g/mol. The summed E-state index contributed by atoms with van der Waals surface area (Å²) in [6.45, 7) is -1.25. The van der Waals surface area contributed by atoms with Crippen LogP contribution >= 0.6 is 0 Å². The molecule has 7 N–H and O–H groups in total. The van der Waals surface area contributed by atoms with Crippen molar-refractivity contribution in [1.82, 2.24) is 25.4 Å². The Bertz CT molecular complexity index is 1710. The molecule has 0 bridgehead atoms. The van der Waals surface area contributed by atoms with Gasteiger partial charge in [-0.3, -0.25) is 43.6 Å². The van der Waals surface area contributed by atoms with E-state index in [-0.39, 0.29) is 54.6 Å². The number of carbonyl (C=O) groups is 6. The normalized spacial score (nSPS) is 15.8. The molecule has 1 heterocycles. The van der Waals surface area contributed by atoms with Crippen LogP contribution in [0.5, 0.6) is 0 Å². The van der Waals surface area contributed by atoms with Crippen LogP contribution < -0.4 is 16.4 Å². The first-order chi connectivity index (χ1) is 25.4. The number of amides is 2. The number of hydrogen-bond acceptors (Lipinski definition) is 10. The Morgan fingerprint density at radius 3 is 1.89 bits per heavy atom. The number of nitrogens with zero attached hydrogens (tertiary/aromatic N) is 3. The molecular formula is C38H46MnN6O9+2. The van der Waals surface area contributed by atoms with E-state index in [2.05, 4.69) is 15.6 Å². The maximum atomic E-state index is 12.9. The number of Topliss-reactive ketones (excluding diaryl/α,β-unsaturated/α-hetero) is 1. The van der Waals surface area contributed by atoms with E-state index >= 15 is 0 Å². The van der Waals surface area contributed by atoms with Gasteiger partial charge in [0.15, 0.2) is 5.78 Å². The van der Waals surface area contributed by atoms with Crippen molar-refractivity contribution < 1.29 is 61.2 Å². The van der Waals surface area contributed by atoms with Crippen molar-refractivity contribution in [2.75, 3.05) is 26.2 Å². The zero-order valence-electron chi connectivity index (χ0n) is 29.7. The van der Waals surface area contributed by atoms with Crippen molar-refractivity contribution in [3.8, 4) is 0 Å². The summed E-state index contributed by atoms with van der Waals surface area (Å²) < 4.78 is 0. The SMILES string of the molecule is N[C@H](CCc1ccccc1)C(=O)NCC(=O)c1ccc(CNC(=O)c2ccc(CN(CC(=O)O)[C@H]3CCCCC3N(CC(=O)O)CC(=O)O)nc2)cc1.[Mn+2]. The fourth-order valence-corrected chi connectivity index (χ4v) is 6.50. The van der Waals surface area contributed by atoms with Crippen molar-refractivity contribution in [3.63, 3.8) is 0 Å².